The summed E-state index contributed by atoms with van der Waals surface area (Å²) in [4.78, 5) is 31.0. The summed E-state index contributed by atoms with van der Waals surface area (Å²) in [5.41, 5.74) is 4.48. The SMILES string of the molecule is Cc1ccc(NC(=O)CSc2nc3c(oc4ccccc43)c(=O)n2-c2ccccc2C)cc1. The predicted molar refractivity (Wildman–Crippen MR) is 132 cm³/mol. The molecule has 0 bridgehead atoms. The zero-order valence-electron chi connectivity index (χ0n) is 18.2. The minimum absolute atomic E-state index is 0.105. The summed E-state index contributed by atoms with van der Waals surface area (Å²) in [6.07, 6.45) is 0. The second-order valence-corrected chi connectivity index (χ2v) is 8.74. The van der Waals surface area contributed by atoms with Gasteiger partial charge in [-0.05, 0) is 49.7 Å². The third-order valence-electron chi connectivity index (χ3n) is 5.39. The van der Waals surface area contributed by atoms with Gasteiger partial charge in [0.1, 0.15) is 11.1 Å². The van der Waals surface area contributed by atoms with Crippen molar-refractivity contribution in [1.29, 1.82) is 0 Å². The van der Waals surface area contributed by atoms with E-state index in [0.29, 0.717) is 21.9 Å². The average Bonchev–Trinajstić information content (AvgIpc) is 3.19. The van der Waals surface area contributed by atoms with Crippen molar-refractivity contribution >= 4 is 45.4 Å². The van der Waals surface area contributed by atoms with Gasteiger partial charge in [0.2, 0.25) is 11.5 Å². The number of benzene rings is 3. The number of amides is 1. The first-order chi connectivity index (χ1) is 16.0. The molecule has 1 N–H and O–H groups in total. The van der Waals surface area contributed by atoms with E-state index in [1.165, 1.54) is 16.3 Å². The van der Waals surface area contributed by atoms with Crippen LogP contribution in [0.4, 0.5) is 5.69 Å². The van der Waals surface area contributed by atoms with Crippen LogP contribution in [0.3, 0.4) is 0 Å². The van der Waals surface area contributed by atoms with Crippen LogP contribution in [0.1, 0.15) is 11.1 Å². The van der Waals surface area contributed by atoms with Crippen molar-refractivity contribution in [3.63, 3.8) is 0 Å². The Labute approximate surface area is 194 Å². The molecule has 0 aliphatic carbocycles. The molecule has 7 heteroatoms. The van der Waals surface area contributed by atoms with E-state index in [4.69, 9.17) is 9.40 Å². The van der Waals surface area contributed by atoms with Crippen molar-refractivity contribution in [3.8, 4) is 5.69 Å². The molecule has 0 atom stereocenters. The van der Waals surface area contributed by atoms with Gasteiger partial charge in [0, 0.05) is 11.1 Å². The second-order valence-electron chi connectivity index (χ2n) is 7.80. The summed E-state index contributed by atoms with van der Waals surface area (Å²) < 4.78 is 7.40. The number of carbonyl (C=O) groups excluding carboxylic acids is 1. The molecule has 0 radical (unpaired) electrons. The van der Waals surface area contributed by atoms with Crippen molar-refractivity contribution in [2.75, 3.05) is 11.1 Å². The number of para-hydroxylation sites is 2. The van der Waals surface area contributed by atoms with Gasteiger partial charge in [-0.2, -0.15) is 0 Å². The van der Waals surface area contributed by atoms with Gasteiger partial charge >= 0.3 is 5.56 Å². The molecular weight excluding hydrogens is 434 g/mol. The van der Waals surface area contributed by atoms with Crippen LogP contribution in [0, 0.1) is 13.8 Å². The van der Waals surface area contributed by atoms with Crippen molar-refractivity contribution in [2.45, 2.75) is 19.0 Å². The Hall–Kier alpha value is -3.84. The lowest BCUT2D eigenvalue weighted by Crippen LogP contribution is -2.23. The highest BCUT2D eigenvalue weighted by Crippen LogP contribution is 2.29. The standard InChI is InChI=1S/C26H21N3O3S/c1-16-11-13-18(14-12-16)27-22(30)15-33-26-28-23-19-8-4-6-10-21(19)32-24(23)25(31)29(26)20-9-5-3-7-17(20)2/h3-14H,15H2,1-2H3,(H,27,30). The summed E-state index contributed by atoms with van der Waals surface area (Å²) in [6.45, 7) is 3.93. The molecule has 2 aromatic heterocycles. The Morgan fingerprint density at radius 2 is 1.73 bits per heavy atom. The van der Waals surface area contributed by atoms with Crippen LogP contribution in [0.5, 0.6) is 0 Å². The third-order valence-corrected chi connectivity index (χ3v) is 6.33. The zero-order valence-corrected chi connectivity index (χ0v) is 19.0. The van der Waals surface area contributed by atoms with Gasteiger partial charge in [0.05, 0.1) is 11.4 Å². The number of carbonyl (C=O) groups is 1. The second kappa shape index (κ2) is 8.60. The average molecular weight is 456 g/mol. The lowest BCUT2D eigenvalue weighted by molar-refractivity contribution is -0.113. The lowest BCUT2D eigenvalue weighted by Gasteiger charge is -2.13. The Kier molecular flexibility index (Phi) is 5.48. The maximum atomic E-state index is 13.6. The van der Waals surface area contributed by atoms with Gasteiger partial charge in [0.25, 0.3) is 0 Å². The first kappa shape index (κ1) is 21.0. The van der Waals surface area contributed by atoms with Gasteiger partial charge in [-0.1, -0.05) is 59.8 Å². The first-order valence-electron chi connectivity index (χ1n) is 10.5. The fourth-order valence-electron chi connectivity index (χ4n) is 3.71. The van der Waals surface area contributed by atoms with Gasteiger partial charge in [-0.25, -0.2) is 4.98 Å². The molecule has 0 aliphatic rings. The number of aromatic nitrogens is 2. The maximum Gasteiger partial charge on any atom is 0.302 e. The van der Waals surface area contributed by atoms with E-state index >= 15 is 0 Å². The molecule has 0 aliphatic heterocycles. The Balaban J connectivity index is 1.57. The molecule has 5 aromatic rings. The molecule has 5 rings (SSSR count). The minimum atomic E-state index is -0.299. The minimum Gasteiger partial charge on any atom is -0.448 e. The Morgan fingerprint density at radius 1 is 1.00 bits per heavy atom. The number of rotatable bonds is 5. The molecule has 33 heavy (non-hydrogen) atoms. The van der Waals surface area contributed by atoms with Crippen molar-refractivity contribution in [1.82, 2.24) is 9.55 Å². The smallest absolute Gasteiger partial charge is 0.302 e. The lowest BCUT2D eigenvalue weighted by atomic mass is 10.2. The number of hydrogen-bond acceptors (Lipinski definition) is 5. The molecular formula is C26H21N3O3S. The molecule has 164 valence electrons. The van der Waals surface area contributed by atoms with Gasteiger partial charge < -0.3 is 9.73 Å². The van der Waals surface area contributed by atoms with Crippen LogP contribution in [-0.2, 0) is 4.79 Å². The van der Waals surface area contributed by atoms with Crippen LogP contribution < -0.4 is 10.9 Å². The van der Waals surface area contributed by atoms with E-state index in [2.05, 4.69) is 5.32 Å². The molecule has 3 aromatic carbocycles. The van der Waals surface area contributed by atoms with Crippen LogP contribution in [-0.4, -0.2) is 21.2 Å². The number of anilines is 1. The fourth-order valence-corrected chi connectivity index (χ4v) is 4.51. The number of furan rings is 1. The zero-order chi connectivity index (χ0) is 22.9. The Morgan fingerprint density at radius 3 is 2.52 bits per heavy atom. The predicted octanol–water partition coefficient (Wildman–Crippen LogP) is 5.48. The normalized spacial score (nSPS) is 11.2. The van der Waals surface area contributed by atoms with E-state index in [1.807, 2.05) is 86.6 Å². The highest BCUT2D eigenvalue weighted by Gasteiger charge is 2.20. The maximum absolute atomic E-state index is 13.6. The summed E-state index contributed by atoms with van der Waals surface area (Å²) in [6, 6.07) is 22.6. The van der Waals surface area contributed by atoms with E-state index in [1.54, 1.807) is 0 Å². The van der Waals surface area contributed by atoms with Gasteiger partial charge in [-0.15, -0.1) is 0 Å². The van der Waals surface area contributed by atoms with Gasteiger partial charge in [0.15, 0.2) is 5.16 Å². The summed E-state index contributed by atoms with van der Waals surface area (Å²) in [5, 5.41) is 4.10. The van der Waals surface area contributed by atoms with Gasteiger partial charge in [-0.3, -0.25) is 14.2 Å². The number of hydrogen-bond donors (Lipinski definition) is 1. The monoisotopic (exact) mass is 455 g/mol. The number of nitrogens with zero attached hydrogens (tertiary/aromatic N) is 2. The molecule has 2 heterocycles. The summed E-state index contributed by atoms with van der Waals surface area (Å²) >= 11 is 1.22. The number of nitrogens with one attached hydrogen (secondary N) is 1. The van der Waals surface area contributed by atoms with Crippen LogP contribution >= 0.6 is 11.8 Å². The molecule has 0 unspecified atom stereocenters. The fraction of sp³-hybridized carbons (Fsp3) is 0.115. The molecule has 0 fully saturated rings. The first-order valence-corrected chi connectivity index (χ1v) is 11.5. The number of fused-ring (bicyclic) bond motifs is 3. The van der Waals surface area contributed by atoms with Crippen molar-refractivity contribution in [3.05, 3.63) is 94.3 Å². The highest BCUT2D eigenvalue weighted by atomic mass is 32.2. The van der Waals surface area contributed by atoms with E-state index in [0.717, 1.165) is 22.2 Å². The summed E-state index contributed by atoms with van der Waals surface area (Å²) in [5.74, 6) is -0.0698. The van der Waals surface area contributed by atoms with Crippen molar-refractivity contribution in [2.24, 2.45) is 0 Å². The van der Waals surface area contributed by atoms with Crippen LogP contribution in [0.25, 0.3) is 27.8 Å². The molecule has 0 saturated heterocycles. The Bertz CT molecular complexity index is 1550. The number of thioether (sulfide) groups is 1. The molecule has 6 nitrogen and oxygen atoms in total. The topological polar surface area (TPSA) is 77.1 Å². The van der Waals surface area contributed by atoms with Crippen LogP contribution in [0.2, 0.25) is 0 Å². The molecule has 1 amide bonds. The number of aryl methyl sites for hydroxylation is 2. The molecule has 0 spiro atoms. The highest BCUT2D eigenvalue weighted by molar-refractivity contribution is 7.99. The van der Waals surface area contributed by atoms with E-state index in [9.17, 15) is 9.59 Å². The third kappa shape index (κ3) is 4.03. The largest absolute Gasteiger partial charge is 0.448 e. The van der Waals surface area contributed by atoms with E-state index < -0.39 is 0 Å². The van der Waals surface area contributed by atoms with Crippen LogP contribution in [0.15, 0.2) is 87.2 Å². The molecule has 0 saturated carbocycles. The summed E-state index contributed by atoms with van der Waals surface area (Å²) in [7, 11) is 0. The van der Waals surface area contributed by atoms with Crippen molar-refractivity contribution < 1.29 is 9.21 Å². The van der Waals surface area contributed by atoms with E-state index in [-0.39, 0.29) is 22.8 Å². The quantitative estimate of drug-likeness (QED) is 0.281.